The van der Waals surface area contributed by atoms with E-state index in [2.05, 4.69) is 48.1 Å². The number of piperidine rings is 3. The van der Waals surface area contributed by atoms with Gasteiger partial charge in [0.25, 0.3) is 0 Å². The lowest BCUT2D eigenvalue weighted by molar-refractivity contribution is -0.151. The lowest BCUT2D eigenvalue weighted by Gasteiger charge is -2.54. The molecule has 5 saturated heterocycles. The number of rotatable bonds is 12. The number of fused-ring (bicyclic) bond motifs is 3. The number of aryl methyl sites for hydroxylation is 2. The van der Waals surface area contributed by atoms with Crippen LogP contribution in [-0.4, -0.2) is 136 Å². The van der Waals surface area contributed by atoms with Crippen molar-refractivity contribution < 1.29 is 33.0 Å². The number of phenolic OH excluding ortho intramolecular Hbond substituents is 1. The molecule has 3 aromatic heterocycles. The van der Waals surface area contributed by atoms with Crippen molar-refractivity contribution in [2.24, 2.45) is 23.8 Å². The van der Waals surface area contributed by atoms with Crippen molar-refractivity contribution in [1.82, 2.24) is 39.8 Å². The van der Waals surface area contributed by atoms with Crippen LogP contribution in [0.2, 0.25) is 0 Å². The molecular formula is C57H66F2N10O5. The maximum atomic E-state index is 17.3. The molecule has 2 aliphatic carbocycles. The normalized spacial score (nSPS) is 24.2. The lowest BCUT2D eigenvalue weighted by atomic mass is 9.57. The Labute approximate surface area is 429 Å². The summed E-state index contributed by atoms with van der Waals surface area (Å²) >= 11 is 0. The molecule has 2 amide bonds. The van der Waals surface area contributed by atoms with E-state index in [1.807, 2.05) is 18.7 Å². The molecule has 2 saturated carbocycles. The Hall–Kier alpha value is -6.04. The first kappa shape index (κ1) is 47.7. The Balaban J connectivity index is 0.638. The molecule has 74 heavy (non-hydrogen) atoms. The molecular weight excluding hydrogens is 943 g/mol. The number of carbonyl (C=O) groups excluding carboxylic acids is 2. The van der Waals surface area contributed by atoms with E-state index in [0.717, 1.165) is 120 Å². The minimum Gasteiger partial charge on any atom is -0.508 e. The number of amides is 2. The van der Waals surface area contributed by atoms with Gasteiger partial charge in [0.1, 0.15) is 28.6 Å². The number of phenols is 1. The molecule has 388 valence electrons. The van der Waals surface area contributed by atoms with Crippen molar-refractivity contribution in [1.29, 1.82) is 0 Å². The summed E-state index contributed by atoms with van der Waals surface area (Å²) in [6, 6.07) is 12.6. The smallest absolute Gasteiger partial charge is 0.319 e. The number of benzene rings is 3. The SMILES string of the molecule is CCc1c(F)ccc2cc(O)cc(-c3ncc4c(N5CCC[C@]6(CCO6)C5)nc(OCC5(CN6CCC7(CC6)CC(CN6CCN(c8ccc9c(C%10CCC(=O)NC%10=O)nn(C)c9c8)CC6)C7)CC5)nc4c3F)c12. The number of imide groups is 1. The van der Waals surface area contributed by atoms with E-state index in [0.29, 0.717) is 70.9 Å². The number of piperazine rings is 1. The third-order valence-electron chi connectivity index (χ3n) is 18.3. The minimum atomic E-state index is -0.661. The predicted octanol–water partition coefficient (Wildman–Crippen LogP) is 8.03. The fourth-order valence-electron chi connectivity index (χ4n) is 13.9. The zero-order valence-electron chi connectivity index (χ0n) is 42.6. The van der Waals surface area contributed by atoms with Gasteiger partial charge in [0.05, 0.1) is 41.3 Å². The van der Waals surface area contributed by atoms with Crippen molar-refractivity contribution in [2.45, 2.75) is 95.5 Å². The van der Waals surface area contributed by atoms with Gasteiger partial charge in [-0.2, -0.15) is 15.1 Å². The average molecular weight is 1010 g/mol. The Morgan fingerprint density at radius 1 is 0.892 bits per heavy atom. The molecule has 13 rings (SSSR count). The van der Waals surface area contributed by atoms with Gasteiger partial charge in [-0.1, -0.05) is 13.0 Å². The van der Waals surface area contributed by atoms with Crippen LogP contribution in [0.1, 0.15) is 94.7 Å². The zero-order valence-corrected chi connectivity index (χ0v) is 42.6. The number of nitrogens with zero attached hydrogens (tertiary/aromatic N) is 9. The van der Waals surface area contributed by atoms with E-state index in [-0.39, 0.29) is 51.6 Å². The van der Waals surface area contributed by atoms with Crippen molar-refractivity contribution in [3.8, 4) is 23.0 Å². The van der Waals surface area contributed by atoms with Crippen LogP contribution in [0.3, 0.4) is 0 Å². The highest BCUT2D eigenvalue weighted by Crippen LogP contribution is 2.54. The predicted molar refractivity (Wildman–Crippen MR) is 278 cm³/mol. The number of ether oxygens (including phenoxy) is 2. The molecule has 7 fully saturated rings. The number of anilines is 2. The molecule has 7 aliphatic rings. The molecule has 15 nitrogen and oxygen atoms in total. The number of nitrogens with one attached hydrogen (secondary N) is 1. The van der Waals surface area contributed by atoms with Crippen LogP contribution in [0, 0.1) is 28.4 Å². The average Bonchev–Trinajstić information content (AvgIpc) is 4.08. The van der Waals surface area contributed by atoms with Crippen LogP contribution in [0.5, 0.6) is 11.8 Å². The Morgan fingerprint density at radius 3 is 2.45 bits per heavy atom. The van der Waals surface area contributed by atoms with E-state index in [1.54, 1.807) is 18.3 Å². The monoisotopic (exact) mass is 1010 g/mol. The Bertz CT molecular complexity index is 3210. The van der Waals surface area contributed by atoms with E-state index >= 15 is 8.78 Å². The second kappa shape index (κ2) is 18.4. The van der Waals surface area contributed by atoms with Gasteiger partial charge in [-0.15, -0.1) is 0 Å². The maximum absolute atomic E-state index is 17.3. The van der Waals surface area contributed by atoms with Crippen LogP contribution in [-0.2, 0) is 27.8 Å². The molecule has 2 N–H and O–H groups in total. The van der Waals surface area contributed by atoms with Gasteiger partial charge in [0, 0.05) is 100 Å². The van der Waals surface area contributed by atoms with Gasteiger partial charge in [-0.25, -0.2) is 8.78 Å². The van der Waals surface area contributed by atoms with Gasteiger partial charge in [0.2, 0.25) is 11.8 Å². The van der Waals surface area contributed by atoms with Crippen molar-refractivity contribution >= 4 is 55.9 Å². The van der Waals surface area contributed by atoms with E-state index in [4.69, 9.17) is 24.5 Å². The van der Waals surface area contributed by atoms with E-state index < -0.39 is 11.7 Å². The Morgan fingerprint density at radius 2 is 1.70 bits per heavy atom. The van der Waals surface area contributed by atoms with Crippen LogP contribution >= 0.6 is 0 Å². The fourth-order valence-corrected chi connectivity index (χ4v) is 13.9. The van der Waals surface area contributed by atoms with Gasteiger partial charge in [0.15, 0.2) is 5.82 Å². The molecule has 1 unspecified atom stereocenters. The summed E-state index contributed by atoms with van der Waals surface area (Å²) in [6.45, 7) is 12.7. The number of aromatic hydroxyl groups is 1. The Kier molecular flexibility index (Phi) is 11.8. The van der Waals surface area contributed by atoms with Crippen molar-refractivity contribution in [3.05, 3.63) is 71.6 Å². The summed E-state index contributed by atoms with van der Waals surface area (Å²) in [6.07, 6.45) is 12.9. The number of aromatic nitrogens is 5. The van der Waals surface area contributed by atoms with Crippen molar-refractivity contribution in [3.63, 3.8) is 0 Å². The number of hydrogen-bond donors (Lipinski definition) is 2. The molecule has 2 spiro atoms. The van der Waals surface area contributed by atoms with Crippen LogP contribution in [0.25, 0.3) is 43.8 Å². The standard InChI is InChI=1S/C57H66F2N10O5/c1-3-39-44(58)9-5-36-25-38(70)27-42(47(36)39)50-48(59)51-43(30-60-50)52(69-17-4-11-57(33-69)16-24-74-57)63-54(62-51)73-34-56(12-13-56)32-67-18-14-55(15-19-67)28-35(29-55)31-66-20-22-68(23-21-66)37-6-7-40-45(26-37)65(2)64-49(40)41-8-10-46(71)61-53(41)72/h5-7,9,25-27,30,35,41,70H,3-4,8,10-24,28-29,31-34H2,1-2H3,(H,61,71,72)/t41?,57-/m0/s1. The highest BCUT2D eigenvalue weighted by Gasteiger charge is 2.50. The second-order valence-corrected chi connectivity index (χ2v) is 23.1. The topological polar surface area (TPSA) is 154 Å². The number of likely N-dealkylation sites (tertiary alicyclic amines) is 1. The highest BCUT2D eigenvalue weighted by molar-refractivity contribution is 6.03. The molecule has 2 atom stereocenters. The summed E-state index contributed by atoms with van der Waals surface area (Å²) in [5, 5.41) is 20.6. The minimum absolute atomic E-state index is 0.00644. The molecule has 6 aromatic rings. The summed E-state index contributed by atoms with van der Waals surface area (Å²) in [5.41, 5.74) is 3.97. The van der Waals surface area contributed by atoms with Gasteiger partial charge in [-0.3, -0.25) is 29.5 Å². The summed E-state index contributed by atoms with van der Waals surface area (Å²) in [7, 11) is 1.93. The number of halogens is 2. The summed E-state index contributed by atoms with van der Waals surface area (Å²) in [5.74, 6) is -0.665. The highest BCUT2D eigenvalue weighted by atomic mass is 19.1. The quantitative estimate of drug-likeness (QED) is 0.114. The first-order chi connectivity index (χ1) is 35.9. The van der Waals surface area contributed by atoms with Crippen molar-refractivity contribution in [2.75, 3.05) is 88.5 Å². The molecule has 17 heteroatoms. The van der Waals surface area contributed by atoms with Gasteiger partial charge < -0.3 is 29.3 Å². The molecule has 0 radical (unpaired) electrons. The summed E-state index contributed by atoms with van der Waals surface area (Å²) < 4.78 is 47.1. The first-order valence-corrected chi connectivity index (χ1v) is 27.2. The maximum Gasteiger partial charge on any atom is 0.319 e. The van der Waals surface area contributed by atoms with E-state index in [9.17, 15) is 14.7 Å². The van der Waals surface area contributed by atoms with E-state index in [1.165, 1.54) is 43.5 Å². The van der Waals surface area contributed by atoms with Crippen LogP contribution in [0.4, 0.5) is 20.3 Å². The number of hydrogen-bond acceptors (Lipinski definition) is 13. The largest absolute Gasteiger partial charge is 0.508 e. The molecule has 8 heterocycles. The number of pyridine rings is 1. The summed E-state index contributed by atoms with van der Waals surface area (Å²) in [4.78, 5) is 48.8. The van der Waals surface area contributed by atoms with Crippen LogP contribution < -0.4 is 19.9 Å². The molecule has 3 aromatic carbocycles. The zero-order chi connectivity index (χ0) is 50.5. The second-order valence-electron chi connectivity index (χ2n) is 23.1. The third-order valence-corrected chi connectivity index (χ3v) is 18.3. The van der Waals surface area contributed by atoms with Gasteiger partial charge in [-0.05, 0) is 141 Å². The van der Waals surface area contributed by atoms with Crippen LogP contribution in [0.15, 0.2) is 48.7 Å². The lowest BCUT2D eigenvalue weighted by Crippen LogP contribution is -2.56. The molecule has 5 aliphatic heterocycles. The third kappa shape index (κ3) is 8.59. The first-order valence-electron chi connectivity index (χ1n) is 27.2. The number of carbonyl (C=O) groups is 2. The fraction of sp³-hybridized carbons (Fsp3) is 0.544. The molecule has 0 bridgehead atoms. The van der Waals surface area contributed by atoms with Gasteiger partial charge >= 0.3 is 6.01 Å².